The zero-order valence-electron chi connectivity index (χ0n) is 16.9. The van der Waals surface area contributed by atoms with Crippen LogP contribution in [-0.4, -0.2) is 22.6 Å². The highest BCUT2D eigenvalue weighted by Gasteiger charge is 2.24. The average Bonchev–Trinajstić information content (AvgIpc) is 2.80. The van der Waals surface area contributed by atoms with Crippen molar-refractivity contribution in [1.82, 2.24) is 4.57 Å². The van der Waals surface area contributed by atoms with E-state index in [1.807, 2.05) is 30.3 Å². The van der Waals surface area contributed by atoms with Crippen molar-refractivity contribution >= 4 is 38.4 Å². The van der Waals surface area contributed by atoms with Gasteiger partial charge in [-0.3, -0.25) is 19.5 Å². The summed E-state index contributed by atoms with van der Waals surface area (Å²) in [4.78, 5) is 37.2. The fourth-order valence-corrected chi connectivity index (χ4v) is 4.09. The highest BCUT2D eigenvalue weighted by atomic mass is 79.9. The summed E-state index contributed by atoms with van der Waals surface area (Å²) in [6.07, 6.45) is 0. The normalized spacial score (nSPS) is 10.8. The molecule has 0 amide bonds. The summed E-state index contributed by atoms with van der Waals surface area (Å²) in [5.41, 5.74) is 1.41. The highest BCUT2D eigenvalue weighted by molar-refractivity contribution is 9.10. The van der Waals surface area contributed by atoms with E-state index in [-0.39, 0.29) is 23.5 Å². The second kappa shape index (κ2) is 8.76. The number of hydrogen-bond donors (Lipinski definition) is 0. The maximum atomic E-state index is 13.5. The molecule has 0 fully saturated rings. The number of non-ortho nitro benzene ring substituents is 1. The Bertz CT molecular complexity index is 1410. The molecule has 0 unspecified atom stereocenters. The molecule has 1 heterocycles. The summed E-state index contributed by atoms with van der Waals surface area (Å²) in [6, 6.07) is 20.5. The summed E-state index contributed by atoms with van der Waals surface area (Å²) >= 11 is 3.45. The van der Waals surface area contributed by atoms with Crippen molar-refractivity contribution in [2.45, 2.75) is 6.54 Å². The van der Waals surface area contributed by atoms with Crippen molar-refractivity contribution in [3.05, 3.63) is 109 Å². The predicted molar refractivity (Wildman–Crippen MR) is 125 cm³/mol. The van der Waals surface area contributed by atoms with Crippen molar-refractivity contribution in [1.29, 1.82) is 0 Å². The van der Waals surface area contributed by atoms with E-state index in [9.17, 15) is 19.7 Å². The minimum Gasteiger partial charge on any atom is -0.464 e. The van der Waals surface area contributed by atoms with Gasteiger partial charge in [0.25, 0.3) is 11.2 Å². The molecule has 0 radical (unpaired) electrons. The molecular weight excluding hydrogens is 476 g/mol. The Morgan fingerprint density at radius 1 is 1.03 bits per heavy atom. The van der Waals surface area contributed by atoms with Gasteiger partial charge in [0.1, 0.15) is 5.69 Å². The molecule has 0 aliphatic carbocycles. The van der Waals surface area contributed by atoms with Crippen LogP contribution in [-0.2, 0) is 11.3 Å². The van der Waals surface area contributed by atoms with Gasteiger partial charge >= 0.3 is 5.97 Å². The van der Waals surface area contributed by atoms with Gasteiger partial charge in [-0.2, -0.15) is 0 Å². The van der Waals surface area contributed by atoms with Crippen LogP contribution in [0.5, 0.6) is 0 Å². The number of nitro groups is 1. The zero-order valence-corrected chi connectivity index (χ0v) is 18.5. The number of rotatable bonds is 5. The molecule has 0 spiro atoms. The number of halogens is 1. The van der Waals surface area contributed by atoms with Crippen LogP contribution in [0.4, 0.5) is 5.69 Å². The lowest BCUT2D eigenvalue weighted by Gasteiger charge is -2.19. The standard InChI is InChI=1S/C24H17BrN2O5/c1-32-24(29)22-21(16-7-3-2-4-8-16)20-13-17(25)10-11-19(20)23(28)26(22)14-15-6-5-9-18(12-15)27(30)31/h2-13H,14H2,1H3. The van der Waals surface area contributed by atoms with Crippen molar-refractivity contribution in [2.24, 2.45) is 0 Å². The van der Waals surface area contributed by atoms with E-state index in [2.05, 4.69) is 15.9 Å². The number of carbonyl (C=O) groups excluding carboxylic acids is 1. The van der Waals surface area contributed by atoms with E-state index >= 15 is 0 Å². The third-order valence-corrected chi connectivity index (χ3v) is 5.63. The molecule has 8 heteroatoms. The number of ether oxygens (including phenoxy) is 1. The van der Waals surface area contributed by atoms with Crippen molar-refractivity contribution in [3.8, 4) is 11.1 Å². The van der Waals surface area contributed by atoms with Crippen LogP contribution in [0.1, 0.15) is 16.1 Å². The van der Waals surface area contributed by atoms with E-state index in [1.54, 1.807) is 30.3 Å². The van der Waals surface area contributed by atoms with E-state index in [0.717, 1.165) is 10.0 Å². The molecule has 0 N–H and O–H groups in total. The minimum atomic E-state index is -0.673. The Kier molecular flexibility index (Phi) is 5.87. The first-order valence-corrected chi connectivity index (χ1v) is 10.4. The fraction of sp³-hybridized carbons (Fsp3) is 0.0833. The second-order valence-electron chi connectivity index (χ2n) is 7.09. The molecule has 0 saturated carbocycles. The Morgan fingerprint density at radius 2 is 1.78 bits per heavy atom. The van der Waals surface area contributed by atoms with Crippen molar-refractivity contribution < 1.29 is 14.5 Å². The van der Waals surface area contributed by atoms with Crippen LogP contribution in [0.3, 0.4) is 0 Å². The Hall–Kier alpha value is -3.78. The number of carbonyl (C=O) groups is 1. The minimum absolute atomic E-state index is 0.0310. The third-order valence-electron chi connectivity index (χ3n) is 5.14. The van der Waals surface area contributed by atoms with Crippen LogP contribution in [0, 0.1) is 10.1 Å². The molecule has 4 aromatic rings. The maximum absolute atomic E-state index is 13.5. The number of fused-ring (bicyclic) bond motifs is 1. The molecule has 0 aliphatic rings. The summed E-state index contributed by atoms with van der Waals surface area (Å²) in [6.45, 7) is -0.0310. The topological polar surface area (TPSA) is 91.4 Å². The number of hydrogen-bond acceptors (Lipinski definition) is 5. The number of pyridine rings is 1. The van der Waals surface area contributed by atoms with Gasteiger partial charge < -0.3 is 4.74 Å². The lowest BCUT2D eigenvalue weighted by molar-refractivity contribution is -0.384. The molecule has 160 valence electrons. The molecule has 7 nitrogen and oxygen atoms in total. The average molecular weight is 493 g/mol. The van der Waals surface area contributed by atoms with Gasteiger partial charge in [0, 0.05) is 27.6 Å². The number of nitro benzene ring substituents is 1. The van der Waals surface area contributed by atoms with Gasteiger partial charge in [0.2, 0.25) is 0 Å². The summed E-state index contributed by atoms with van der Waals surface area (Å²) in [7, 11) is 1.25. The number of benzene rings is 3. The van der Waals surface area contributed by atoms with E-state index < -0.39 is 10.9 Å². The molecule has 0 saturated heterocycles. The van der Waals surface area contributed by atoms with Crippen LogP contribution in [0.25, 0.3) is 21.9 Å². The number of esters is 1. The van der Waals surface area contributed by atoms with Crippen LogP contribution in [0.2, 0.25) is 0 Å². The smallest absolute Gasteiger partial charge is 0.355 e. The van der Waals surface area contributed by atoms with Gasteiger partial charge in [-0.05, 0) is 34.7 Å². The third kappa shape index (κ3) is 3.92. The molecule has 4 rings (SSSR count). The number of aromatic nitrogens is 1. The lowest BCUT2D eigenvalue weighted by Crippen LogP contribution is -2.28. The predicted octanol–water partition coefficient (Wildman–Crippen LogP) is 5.17. The zero-order chi connectivity index (χ0) is 22.8. The SMILES string of the molecule is COC(=O)c1c(-c2ccccc2)c2cc(Br)ccc2c(=O)n1Cc1cccc([N+](=O)[O-])c1. The second-order valence-corrected chi connectivity index (χ2v) is 8.01. The number of nitrogens with zero attached hydrogens (tertiary/aromatic N) is 2. The lowest BCUT2D eigenvalue weighted by atomic mass is 9.96. The van der Waals surface area contributed by atoms with Gasteiger partial charge in [0.05, 0.1) is 18.6 Å². The molecule has 32 heavy (non-hydrogen) atoms. The van der Waals surface area contributed by atoms with Gasteiger partial charge in [-0.15, -0.1) is 0 Å². The first-order chi connectivity index (χ1) is 15.4. The fourth-order valence-electron chi connectivity index (χ4n) is 3.73. The first kappa shape index (κ1) is 21.5. The molecule has 0 atom stereocenters. The van der Waals surface area contributed by atoms with E-state index in [0.29, 0.717) is 21.9 Å². The molecular formula is C24H17BrN2O5. The van der Waals surface area contributed by atoms with E-state index in [1.165, 1.54) is 23.8 Å². The summed E-state index contributed by atoms with van der Waals surface area (Å²) in [5, 5.41) is 12.2. The quantitative estimate of drug-likeness (QED) is 0.217. The molecule has 0 aliphatic heterocycles. The first-order valence-electron chi connectivity index (χ1n) is 9.64. The summed E-state index contributed by atoms with van der Waals surface area (Å²) in [5.74, 6) is -0.673. The monoisotopic (exact) mass is 492 g/mol. The van der Waals surface area contributed by atoms with Crippen molar-refractivity contribution in [2.75, 3.05) is 7.11 Å². The molecule has 3 aromatic carbocycles. The Morgan fingerprint density at radius 3 is 2.47 bits per heavy atom. The number of methoxy groups -OCH3 is 1. The molecule has 1 aromatic heterocycles. The van der Waals surface area contributed by atoms with Crippen LogP contribution >= 0.6 is 15.9 Å². The maximum Gasteiger partial charge on any atom is 0.355 e. The Labute approximate surface area is 191 Å². The van der Waals surface area contributed by atoms with E-state index in [4.69, 9.17) is 4.74 Å². The largest absolute Gasteiger partial charge is 0.464 e. The van der Waals surface area contributed by atoms with Crippen LogP contribution in [0.15, 0.2) is 82.1 Å². The van der Waals surface area contributed by atoms with Crippen molar-refractivity contribution in [3.63, 3.8) is 0 Å². The Balaban J connectivity index is 2.09. The molecule has 0 bridgehead atoms. The van der Waals surface area contributed by atoms with Gasteiger partial charge in [0.15, 0.2) is 0 Å². The highest BCUT2D eigenvalue weighted by Crippen LogP contribution is 2.33. The van der Waals surface area contributed by atoms with Gasteiger partial charge in [-0.1, -0.05) is 58.4 Å². The van der Waals surface area contributed by atoms with Crippen LogP contribution < -0.4 is 5.56 Å². The van der Waals surface area contributed by atoms with Gasteiger partial charge in [-0.25, -0.2) is 4.79 Å². The summed E-state index contributed by atoms with van der Waals surface area (Å²) < 4.78 is 7.14.